The lowest BCUT2D eigenvalue weighted by Gasteiger charge is -2.36. The molecule has 0 aliphatic heterocycles. The van der Waals surface area contributed by atoms with Crippen LogP contribution in [0.3, 0.4) is 0 Å². The Kier molecular flexibility index (Phi) is 9.33. The van der Waals surface area contributed by atoms with Gasteiger partial charge < -0.3 is 5.32 Å². The molecule has 20 heavy (non-hydrogen) atoms. The number of nitrogens with one attached hydrogen (secondary N) is 1. The van der Waals surface area contributed by atoms with Crippen LogP contribution in [0.25, 0.3) is 0 Å². The fourth-order valence-electron chi connectivity index (χ4n) is 3.12. The third-order valence-corrected chi connectivity index (χ3v) is 4.99. The SMILES string of the molecule is CCCCCCCCCC(=O)NC1(CCl)CCCCC1. The maximum atomic E-state index is 12.0. The predicted molar refractivity (Wildman–Crippen MR) is 87.3 cm³/mol. The molecule has 0 atom stereocenters. The summed E-state index contributed by atoms with van der Waals surface area (Å²) in [6.07, 6.45) is 15.3. The van der Waals surface area contributed by atoms with Crippen molar-refractivity contribution in [2.24, 2.45) is 0 Å². The standard InChI is InChI=1S/C17H32ClNO/c1-2-3-4-5-6-7-9-12-16(20)19-17(15-18)13-10-8-11-14-17/h2-15H2,1H3,(H,19,20). The summed E-state index contributed by atoms with van der Waals surface area (Å²) < 4.78 is 0. The van der Waals surface area contributed by atoms with Crippen molar-refractivity contribution >= 4 is 17.5 Å². The molecular formula is C17H32ClNO. The maximum Gasteiger partial charge on any atom is 0.220 e. The van der Waals surface area contributed by atoms with Crippen molar-refractivity contribution in [1.82, 2.24) is 5.32 Å². The molecule has 1 rings (SSSR count). The van der Waals surface area contributed by atoms with E-state index >= 15 is 0 Å². The zero-order valence-electron chi connectivity index (χ0n) is 13.2. The van der Waals surface area contributed by atoms with Gasteiger partial charge in [0.25, 0.3) is 0 Å². The average molecular weight is 302 g/mol. The number of alkyl halides is 1. The summed E-state index contributed by atoms with van der Waals surface area (Å²) in [4.78, 5) is 12.0. The normalized spacial score (nSPS) is 17.9. The summed E-state index contributed by atoms with van der Waals surface area (Å²) in [7, 11) is 0. The topological polar surface area (TPSA) is 29.1 Å². The van der Waals surface area contributed by atoms with Gasteiger partial charge >= 0.3 is 0 Å². The van der Waals surface area contributed by atoms with E-state index in [9.17, 15) is 4.79 Å². The van der Waals surface area contributed by atoms with Crippen molar-refractivity contribution in [3.05, 3.63) is 0 Å². The van der Waals surface area contributed by atoms with Crippen LogP contribution in [-0.4, -0.2) is 17.3 Å². The molecule has 2 nitrogen and oxygen atoms in total. The van der Waals surface area contributed by atoms with Crippen LogP contribution < -0.4 is 5.32 Å². The predicted octanol–water partition coefficient (Wildman–Crippen LogP) is 5.19. The van der Waals surface area contributed by atoms with Gasteiger partial charge in [0.15, 0.2) is 0 Å². The second kappa shape index (κ2) is 10.5. The molecule has 1 fully saturated rings. The molecule has 1 saturated carbocycles. The van der Waals surface area contributed by atoms with Crippen molar-refractivity contribution in [3.8, 4) is 0 Å². The van der Waals surface area contributed by atoms with Crippen LogP contribution in [0.2, 0.25) is 0 Å². The maximum absolute atomic E-state index is 12.0. The van der Waals surface area contributed by atoms with Crippen molar-refractivity contribution in [3.63, 3.8) is 0 Å². The van der Waals surface area contributed by atoms with E-state index in [1.54, 1.807) is 0 Å². The first-order valence-corrected chi connectivity index (χ1v) is 9.13. The zero-order valence-corrected chi connectivity index (χ0v) is 13.9. The minimum atomic E-state index is -0.0992. The van der Waals surface area contributed by atoms with Gasteiger partial charge in [-0.15, -0.1) is 11.6 Å². The summed E-state index contributed by atoms with van der Waals surface area (Å²) >= 11 is 6.10. The molecule has 0 aromatic rings. The lowest BCUT2D eigenvalue weighted by molar-refractivity contribution is -0.123. The van der Waals surface area contributed by atoms with E-state index in [0.717, 1.165) is 19.3 Å². The smallest absolute Gasteiger partial charge is 0.220 e. The van der Waals surface area contributed by atoms with Crippen LogP contribution in [0.5, 0.6) is 0 Å². The number of halogens is 1. The Morgan fingerprint density at radius 2 is 1.60 bits per heavy atom. The van der Waals surface area contributed by atoms with E-state index in [1.165, 1.54) is 57.8 Å². The molecule has 0 radical (unpaired) electrons. The molecule has 0 spiro atoms. The molecule has 3 heteroatoms. The van der Waals surface area contributed by atoms with Crippen molar-refractivity contribution in [2.45, 2.75) is 95.9 Å². The highest BCUT2D eigenvalue weighted by Crippen LogP contribution is 2.29. The molecule has 0 bridgehead atoms. The van der Waals surface area contributed by atoms with Gasteiger partial charge in [-0.05, 0) is 19.3 Å². The molecule has 118 valence electrons. The molecule has 1 N–H and O–H groups in total. The third-order valence-electron chi connectivity index (χ3n) is 4.48. The van der Waals surface area contributed by atoms with Crippen LogP contribution in [0.1, 0.15) is 90.4 Å². The van der Waals surface area contributed by atoms with Crippen LogP contribution in [0, 0.1) is 0 Å². The van der Waals surface area contributed by atoms with Crippen LogP contribution in [0.15, 0.2) is 0 Å². The summed E-state index contributed by atoms with van der Waals surface area (Å²) in [5.74, 6) is 0.775. The molecule has 1 aliphatic rings. The van der Waals surface area contributed by atoms with Gasteiger partial charge in [-0.1, -0.05) is 64.7 Å². The van der Waals surface area contributed by atoms with Crippen molar-refractivity contribution in [2.75, 3.05) is 5.88 Å². The fourth-order valence-corrected chi connectivity index (χ4v) is 3.46. The van der Waals surface area contributed by atoms with E-state index in [-0.39, 0.29) is 11.4 Å². The first-order chi connectivity index (χ1) is 9.72. The molecule has 1 aliphatic carbocycles. The highest BCUT2D eigenvalue weighted by molar-refractivity contribution is 6.18. The zero-order chi connectivity index (χ0) is 14.7. The number of hydrogen-bond acceptors (Lipinski definition) is 1. The fraction of sp³-hybridized carbons (Fsp3) is 0.941. The third kappa shape index (κ3) is 6.97. The highest BCUT2D eigenvalue weighted by atomic mass is 35.5. The first-order valence-electron chi connectivity index (χ1n) is 8.59. The van der Waals surface area contributed by atoms with E-state index in [0.29, 0.717) is 12.3 Å². The van der Waals surface area contributed by atoms with E-state index < -0.39 is 0 Å². The lowest BCUT2D eigenvalue weighted by atomic mass is 9.83. The van der Waals surface area contributed by atoms with Gasteiger partial charge in [-0.3, -0.25) is 4.79 Å². The summed E-state index contributed by atoms with van der Waals surface area (Å²) in [5.41, 5.74) is -0.0992. The number of hydrogen-bond donors (Lipinski definition) is 1. The largest absolute Gasteiger partial charge is 0.349 e. The first kappa shape index (κ1) is 17.8. The number of carbonyl (C=O) groups excluding carboxylic acids is 1. The summed E-state index contributed by atoms with van der Waals surface area (Å²) in [6, 6.07) is 0. The minimum absolute atomic E-state index is 0.0992. The molecule has 0 unspecified atom stereocenters. The highest BCUT2D eigenvalue weighted by Gasteiger charge is 2.32. The van der Waals surface area contributed by atoms with Crippen molar-refractivity contribution < 1.29 is 4.79 Å². The Morgan fingerprint density at radius 1 is 1.00 bits per heavy atom. The monoisotopic (exact) mass is 301 g/mol. The quantitative estimate of drug-likeness (QED) is 0.437. The van der Waals surface area contributed by atoms with Crippen LogP contribution in [0.4, 0.5) is 0 Å². The summed E-state index contributed by atoms with van der Waals surface area (Å²) in [5, 5.41) is 3.22. The molecular weight excluding hydrogens is 270 g/mol. The van der Waals surface area contributed by atoms with E-state index in [1.807, 2.05) is 0 Å². The van der Waals surface area contributed by atoms with Gasteiger partial charge in [0, 0.05) is 12.3 Å². The number of unbranched alkanes of at least 4 members (excludes halogenated alkanes) is 6. The Hall–Kier alpha value is -0.240. The Labute approximate surface area is 130 Å². The second-order valence-electron chi connectivity index (χ2n) is 6.39. The Bertz CT molecular complexity index is 262. The summed E-state index contributed by atoms with van der Waals surface area (Å²) in [6.45, 7) is 2.24. The van der Waals surface area contributed by atoms with Gasteiger partial charge in [0.2, 0.25) is 5.91 Å². The Balaban J connectivity index is 2.10. The molecule has 0 aromatic carbocycles. The number of amides is 1. The van der Waals surface area contributed by atoms with Gasteiger partial charge in [-0.2, -0.15) is 0 Å². The Morgan fingerprint density at radius 3 is 2.20 bits per heavy atom. The average Bonchev–Trinajstić information content (AvgIpc) is 2.47. The second-order valence-corrected chi connectivity index (χ2v) is 6.66. The van der Waals surface area contributed by atoms with Crippen molar-refractivity contribution in [1.29, 1.82) is 0 Å². The minimum Gasteiger partial charge on any atom is -0.349 e. The molecule has 1 amide bonds. The van der Waals surface area contributed by atoms with Gasteiger partial charge in [-0.25, -0.2) is 0 Å². The van der Waals surface area contributed by atoms with Crippen LogP contribution >= 0.6 is 11.6 Å². The molecule has 0 saturated heterocycles. The lowest BCUT2D eigenvalue weighted by Crippen LogP contribution is -2.51. The van der Waals surface area contributed by atoms with E-state index in [2.05, 4.69) is 12.2 Å². The number of carbonyl (C=O) groups is 1. The van der Waals surface area contributed by atoms with E-state index in [4.69, 9.17) is 11.6 Å². The van der Waals surface area contributed by atoms with Gasteiger partial charge in [0.05, 0.1) is 5.54 Å². The van der Waals surface area contributed by atoms with Crippen LogP contribution in [-0.2, 0) is 4.79 Å². The number of rotatable bonds is 10. The molecule has 0 aromatic heterocycles. The van der Waals surface area contributed by atoms with Gasteiger partial charge in [0.1, 0.15) is 0 Å². The molecule has 0 heterocycles.